The van der Waals surface area contributed by atoms with Crippen molar-refractivity contribution in [3.8, 4) is 0 Å². The van der Waals surface area contributed by atoms with Crippen molar-refractivity contribution in [2.45, 2.75) is 6.54 Å². The molecule has 0 aliphatic heterocycles. The maximum absolute atomic E-state index is 13.3. The van der Waals surface area contributed by atoms with Gasteiger partial charge in [0, 0.05) is 27.8 Å². The van der Waals surface area contributed by atoms with Crippen molar-refractivity contribution < 1.29 is 13.9 Å². The Kier molecular flexibility index (Phi) is 5.04. The van der Waals surface area contributed by atoms with Crippen LogP contribution >= 0.6 is 23.2 Å². The number of carbonyl (C=O) groups excluding carboxylic acids is 1. The summed E-state index contributed by atoms with van der Waals surface area (Å²) < 4.78 is 17.9. The zero-order chi connectivity index (χ0) is 15.4. The van der Waals surface area contributed by atoms with Crippen LogP contribution in [0, 0.1) is 5.82 Å². The van der Waals surface area contributed by atoms with E-state index in [0.29, 0.717) is 27.8 Å². The largest absolute Gasteiger partial charge is 0.465 e. The molecule has 3 nitrogen and oxygen atoms in total. The topological polar surface area (TPSA) is 38.3 Å². The molecule has 6 heteroatoms. The van der Waals surface area contributed by atoms with Crippen molar-refractivity contribution >= 4 is 34.9 Å². The van der Waals surface area contributed by atoms with Gasteiger partial charge in [-0.2, -0.15) is 0 Å². The molecule has 21 heavy (non-hydrogen) atoms. The number of rotatable bonds is 4. The van der Waals surface area contributed by atoms with Crippen molar-refractivity contribution in [2.24, 2.45) is 0 Å². The maximum Gasteiger partial charge on any atom is 0.340 e. The highest BCUT2D eigenvalue weighted by Gasteiger charge is 2.14. The normalized spacial score (nSPS) is 10.3. The molecule has 0 bridgehead atoms. The molecule has 0 radical (unpaired) electrons. The lowest BCUT2D eigenvalue weighted by molar-refractivity contribution is 0.0601. The van der Waals surface area contributed by atoms with Gasteiger partial charge in [0.2, 0.25) is 0 Å². The molecule has 1 N–H and O–H groups in total. The minimum atomic E-state index is -0.623. The smallest absolute Gasteiger partial charge is 0.340 e. The van der Waals surface area contributed by atoms with Crippen molar-refractivity contribution in [1.29, 1.82) is 0 Å². The number of carbonyl (C=O) groups is 1. The number of methoxy groups -OCH3 is 1. The second-order valence-electron chi connectivity index (χ2n) is 4.24. The number of hydrogen-bond donors (Lipinski definition) is 1. The van der Waals surface area contributed by atoms with Gasteiger partial charge in [-0.15, -0.1) is 0 Å². The molecule has 2 aromatic carbocycles. The zero-order valence-corrected chi connectivity index (χ0v) is 12.6. The molecule has 0 aliphatic rings. The van der Waals surface area contributed by atoms with Crippen LogP contribution in [-0.4, -0.2) is 13.1 Å². The summed E-state index contributed by atoms with van der Waals surface area (Å²) in [6, 6.07) is 9.01. The van der Waals surface area contributed by atoms with Crippen molar-refractivity contribution in [2.75, 3.05) is 12.4 Å². The second kappa shape index (κ2) is 6.78. The Hall–Kier alpha value is -1.78. The minimum absolute atomic E-state index is 0.112. The molecule has 2 rings (SSSR count). The minimum Gasteiger partial charge on any atom is -0.465 e. The van der Waals surface area contributed by atoms with Crippen LogP contribution in [0.5, 0.6) is 0 Å². The van der Waals surface area contributed by atoms with Gasteiger partial charge >= 0.3 is 5.97 Å². The van der Waals surface area contributed by atoms with E-state index in [2.05, 4.69) is 10.1 Å². The molecule has 0 aromatic heterocycles. The predicted molar refractivity (Wildman–Crippen MR) is 81.5 cm³/mol. The fraction of sp³-hybridized carbons (Fsp3) is 0.133. The number of esters is 1. The van der Waals surface area contributed by atoms with Crippen LogP contribution < -0.4 is 5.32 Å². The number of nitrogens with one attached hydrogen (secondary N) is 1. The number of benzene rings is 2. The Morgan fingerprint density at radius 1 is 1.24 bits per heavy atom. The van der Waals surface area contributed by atoms with Gasteiger partial charge in [-0.05, 0) is 30.3 Å². The number of anilines is 1. The van der Waals surface area contributed by atoms with Gasteiger partial charge in [0.1, 0.15) is 5.82 Å². The van der Waals surface area contributed by atoms with E-state index >= 15 is 0 Å². The van der Waals surface area contributed by atoms with Crippen LogP contribution in [0.4, 0.5) is 10.1 Å². The lowest BCUT2D eigenvalue weighted by atomic mass is 10.1. The Morgan fingerprint density at radius 2 is 1.90 bits per heavy atom. The molecular weight excluding hydrogens is 316 g/mol. The van der Waals surface area contributed by atoms with E-state index in [1.807, 2.05) is 0 Å². The van der Waals surface area contributed by atoms with E-state index in [4.69, 9.17) is 23.2 Å². The van der Waals surface area contributed by atoms with Crippen LogP contribution in [0.3, 0.4) is 0 Å². The van der Waals surface area contributed by atoms with Gasteiger partial charge in [-0.3, -0.25) is 0 Å². The standard InChI is InChI=1S/C15H12Cl2FNO2/c1-21-15(20)10-7-9(18)5-6-14(10)19-8-11-12(16)3-2-4-13(11)17/h2-7,19H,8H2,1H3. The molecule has 2 aromatic rings. The molecule has 0 heterocycles. The summed E-state index contributed by atoms with van der Waals surface area (Å²) in [7, 11) is 1.24. The molecule has 0 saturated carbocycles. The fourth-order valence-electron chi connectivity index (χ4n) is 1.83. The van der Waals surface area contributed by atoms with Gasteiger partial charge in [-0.25, -0.2) is 9.18 Å². The van der Waals surface area contributed by atoms with Gasteiger partial charge < -0.3 is 10.1 Å². The zero-order valence-electron chi connectivity index (χ0n) is 11.1. The molecule has 0 aliphatic carbocycles. The third-order valence-electron chi connectivity index (χ3n) is 2.90. The Balaban J connectivity index is 2.26. The van der Waals surface area contributed by atoms with Crippen molar-refractivity contribution in [3.05, 3.63) is 63.4 Å². The van der Waals surface area contributed by atoms with Gasteiger partial charge in [0.25, 0.3) is 0 Å². The summed E-state index contributed by atoms with van der Waals surface area (Å²) >= 11 is 12.1. The van der Waals surface area contributed by atoms with Gasteiger partial charge in [0.15, 0.2) is 0 Å². The Bertz CT molecular complexity index is 656. The first kappa shape index (κ1) is 15.6. The highest BCUT2D eigenvalue weighted by Crippen LogP contribution is 2.26. The van der Waals surface area contributed by atoms with E-state index < -0.39 is 11.8 Å². The molecule has 0 unspecified atom stereocenters. The van der Waals surface area contributed by atoms with Crippen LogP contribution in [0.25, 0.3) is 0 Å². The second-order valence-corrected chi connectivity index (χ2v) is 5.05. The molecule has 0 fully saturated rings. The third kappa shape index (κ3) is 3.65. The lowest BCUT2D eigenvalue weighted by Gasteiger charge is -2.12. The summed E-state index contributed by atoms with van der Waals surface area (Å²) in [6.45, 7) is 0.300. The lowest BCUT2D eigenvalue weighted by Crippen LogP contribution is -2.09. The molecule has 0 saturated heterocycles. The Morgan fingerprint density at radius 3 is 2.52 bits per heavy atom. The summed E-state index contributed by atoms with van der Waals surface area (Å²) in [6.07, 6.45) is 0. The fourth-order valence-corrected chi connectivity index (χ4v) is 2.37. The van der Waals surface area contributed by atoms with Gasteiger partial charge in [-0.1, -0.05) is 29.3 Å². The molecule has 110 valence electrons. The number of halogens is 3. The molecule has 0 amide bonds. The molecular formula is C15H12Cl2FNO2. The number of ether oxygens (including phenoxy) is 1. The van der Waals surface area contributed by atoms with E-state index in [9.17, 15) is 9.18 Å². The Labute approximate surface area is 131 Å². The van der Waals surface area contributed by atoms with Crippen molar-refractivity contribution in [3.63, 3.8) is 0 Å². The van der Waals surface area contributed by atoms with Crippen molar-refractivity contribution in [1.82, 2.24) is 0 Å². The number of hydrogen-bond acceptors (Lipinski definition) is 3. The summed E-state index contributed by atoms with van der Waals surface area (Å²) in [4.78, 5) is 11.7. The molecule has 0 atom stereocenters. The first-order chi connectivity index (χ1) is 10.0. The van der Waals surface area contributed by atoms with Gasteiger partial charge in [0.05, 0.1) is 12.7 Å². The first-order valence-corrected chi connectivity index (χ1v) is 6.83. The quantitative estimate of drug-likeness (QED) is 0.838. The summed E-state index contributed by atoms with van der Waals surface area (Å²) in [5.41, 5.74) is 1.25. The summed E-state index contributed by atoms with van der Waals surface area (Å²) in [5, 5.41) is 4.04. The van der Waals surface area contributed by atoms with E-state index in [1.165, 1.54) is 19.2 Å². The first-order valence-electron chi connectivity index (χ1n) is 6.07. The monoisotopic (exact) mass is 327 g/mol. The van der Waals surface area contributed by atoms with Crippen LogP contribution in [-0.2, 0) is 11.3 Å². The van der Waals surface area contributed by atoms with Crippen LogP contribution in [0.1, 0.15) is 15.9 Å². The van der Waals surface area contributed by atoms with E-state index in [1.54, 1.807) is 18.2 Å². The predicted octanol–water partition coefficient (Wildman–Crippen LogP) is 4.53. The third-order valence-corrected chi connectivity index (χ3v) is 3.61. The maximum atomic E-state index is 13.3. The van der Waals surface area contributed by atoms with Crippen LogP contribution in [0.15, 0.2) is 36.4 Å². The average molecular weight is 328 g/mol. The molecule has 0 spiro atoms. The highest BCUT2D eigenvalue weighted by molar-refractivity contribution is 6.36. The van der Waals surface area contributed by atoms with E-state index in [-0.39, 0.29) is 5.56 Å². The van der Waals surface area contributed by atoms with Crippen LogP contribution in [0.2, 0.25) is 10.0 Å². The van der Waals surface area contributed by atoms with E-state index in [0.717, 1.165) is 6.07 Å². The summed E-state index contributed by atoms with van der Waals surface area (Å²) in [5.74, 6) is -1.14. The average Bonchev–Trinajstić information content (AvgIpc) is 2.47. The highest BCUT2D eigenvalue weighted by atomic mass is 35.5. The SMILES string of the molecule is COC(=O)c1cc(F)ccc1NCc1c(Cl)cccc1Cl.